The molecular weight excluding hydrogens is 288 g/mol. The van der Waals surface area contributed by atoms with E-state index in [1.807, 2.05) is 26.8 Å². The van der Waals surface area contributed by atoms with E-state index in [2.05, 4.69) is 4.72 Å². The van der Waals surface area contributed by atoms with Crippen LogP contribution in [0.3, 0.4) is 0 Å². The molecule has 6 heteroatoms. The second-order valence-corrected chi connectivity index (χ2v) is 7.73. The molecule has 0 bridgehead atoms. The fourth-order valence-corrected chi connectivity index (χ4v) is 3.92. The SMILES string of the molecule is COCc1cccc(S(=O)(=O)NC(C)(CN)CC(C)C)c1. The summed E-state index contributed by atoms with van der Waals surface area (Å²) in [6.07, 6.45) is 0.681. The van der Waals surface area contributed by atoms with Crippen LogP contribution in [0.4, 0.5) is 0 Å². The summed E-state index contributed by atoms with van der Waals surface area (Å²) in [6.45, 7) is 6.55. The lowest BCUT2D eigenvalue weighted by Crippen LogP contribution is -2.51. The Morgan fingerprint density at radius 3 is 2.57 bits per heavy atom. The average molecular weight is 314 g/mol. The Balaban J connectivity index is 3.02. The Kier molecular flexibility index (Phi) is 6.34. The highest BCUT2D eigenvalue weighted by atomic mass is 32.2. The van der Waals surface area contributed by atoms with Gasteiger partial charge in [-0.1, -0.05) is 26.0 Å². The van der Waals surface area contributed by atoms with Crippen LogP contribution in [0, 0.1) is 5.92 Å². The first-order valence-electron chi connectivity index (χ1n) is 7.04. The van der Waals surface area contributed by atoms with Gasteiger partial charge in [-0.15, -0.1) is 0 Å². The van der Waals surface area contributed by atoms with Crippen LogP contribution < -0.4 is 10.5 Å². The molecule has 1 unspecified atom stereocenters. The topological polar surface area (TPSA) is 81.4 Å². The minimum Gasteiger partial charge on any atom is -0.380 e. The Morgan fingerprint density at radius 2 is 2.05 bits per heavy atom. The molecule has 0 aliphatic carbocycles. The van der Waals surface area contributed by atoms with Crippen LogP contribution in [0.15, 0.2) is 29.2 Å². The van der Waals surface area contributed by atoms with Crippen LogP contribution in [-0.4, -0.2) is 27.6 Å². The summed E-state index contributed by atoms with van der Waals surface area (Å²) in [6, 6.07) is 6.75. The highest BCUT2D eigenvalue weighted by Gasteiger charge is 2.30. The highest BCUT2D eigenvalue weighted by Crippen LogP contribution is 2.20. The van der Waals surface area contributed by atoms with Gasteiger partial charge in [0.05, 0.1) is 11.5 Å². The molecule has 0 radical (unpaired) electrons. The van der Waals surface area contributed by atoms with Gasteiger partial charge in [-0.05, 0) is 37.0 Å². The van der Waals surface area contributed by atoms with Crippen molar-refractivity contribution in [2.45, 2.75) is 44.2 Å². The molecular formula is C15H26N2O3S. The van der Waals surface area contributed by atoms with Crippen LogP contribution in [0.2, 0.25) is 0 Å². The molecule has 0 aliphatic heterocycles. The number of sulfonamides is 1. The van der Waals surface area contributed by atoms with Gasteiger partial charge in [0.25, 0.3) is 0 Å². The van der Waals surface area contributed by atoms with Gasteiger partial charge in [-0.2, -0.15) is 0 Å². The summed E-state index contributed by atoms with van der Waals surface area (Å²) in [5.74, 6) is 0.348. The molecule has 0 amide bonds. The fourth-order valence-electron chi connectivity index (χ4n) is 2.42. The van der Waals surface area contributed by atoms with Crippen LogP contribution in [0.1, 0.15) is 32.8 Å². The van der Waals surface area contributed by atoms with Crippen molar-refractivity contribution >= 4 is 10.0 Å². The van der Waals surface area contributed by atoms with Crippen LogP contribution in [0.25, 0.3) is 0 Å². The van der Waals surface area contributed by atoms with Gasteiger partial charge < -0.3 is 10.5 Å². The Bertz CT molecular complexity index is 558. The molecule has 1 rings (SSSR count). The van der Waals surface area contributed by atoms with E-state index >= 15 is 0 Å². The Morgan fingerprint density at radius 1 is 1.38 bits per heavy atom. The predicted octanol–water partition coefficient (Wildman–Crippen LogP) is 1.87. The third-order valence-electron chi connectivity index (χ3n) is 3.21. The van der Waals surface area contributed by atoms with Gasteiger partial charge in [-0.25, -0.2) is 13.1 Å². The van der Waals surface area contributed by atoms with Crippen molar-refractivity contribution < 1.29 is 13.2 Å². The summed E-state index contributed by atoms with van der Waals surface area (Å²) in [5, 5.41) is 0. The van der Waals surface area contributed by atoms with E-state index in [0.29, 0.717) is 18.9 Å². The Labute approximate surface area is 127 Å². The van der Waals surface area contributed by atoms with Crippen LogP contribution in [0.5, 0.6) is 0 Å². The van der Waals surface area contributed by atoms with Crippen LogP contribution >= 0.6 is 0 Å². The smallest absolute Gasteiger partial charge is 0.241 e. The number of nitrogens with two attached hydrogens (primary N) is 1. The lowest BCUT2D eigenvalue weighted by Gasteiger charge is -2.30. The largest absolute Gasteiger partial charge is 0.380 e. The molecule has 0 spiro atoms. The maximum Gasteiger partial charge on any atom is 0.241 e. The number of ether oxygens (including phenoxy) is 1. The summed E-state index contributed by atoms with van der Waals surface area (Å²) >= 11 is 0. The van der Waals surface area contributed by atoms with Gasteiger partial charge in [0, 0.05) is 19.2 Å². The lowest BCUT2D eigenvalue weighted by molar-refractivity contribution is 0.184. The molecule has 3 N–H and O–H groups in total. The zero-order chi connectivity index (χ0) is 16.1. The van der Waals surface area contributed by atoms with E-state index in [1.54, 1.807) is 25.3 Å². The molecule has 0 aliphatic rings. The van der Waals surface area contributed by atoms with Gasteiger partial charge in [-0.3, -0.25) is 0 Å². The zero-order valence-corrected chi connectivity index (χ0v) is 14.0. The van der Waals surface area contributed by atoms with Gasteiger partial charge in [0.15, 0.2) is 0 Å². The average Bonchev–Trinajstić information content (AvgIpc) is 2.38. The van der Waals surface area contributed by atoms with E-state index in [1.165, 1.54) is 0 Å². The molecule has 1 aromatic rings. The Hall–Kier alpha value is -0.950. The molecule has 1 aromatic carbocycles. The van der Waals surface area contributed by atoms with E-state index in [9.17, 15) is 8.42 Å². The maximum absolute atomic E-state index is 12.5. The summed E-state index contributed by atoms with van der Waals surface area (Å²) in [5.41, 5.74) is 5.94. The molecule has 0 heterocycles. The molecule has 0 saturated heterocycles. The molecule has 1 atom stereocenters. The number of hydrogen-bond acceptors (Lipinski definition) is 4. The number of rotatable bonds is 8. The third-order valence-corrected chi connectivity index (χ3v) is 4.85. The van der Waals surface area contributed by atoms with Gasteiger partial charge >= 0.3 is 0 Å². The molecule has 5 nitrogen and oxygen atoms in total. The number of methoxy groups -OCH3 is 1. The zero-order valence-electron chi connectivity index (χ0n) is 13.2. The molecule has 0 saturated carbocycles. The summed E-state index contributed by atoms with van der Waals surface area (Å²) < 4.78 is 32.9. The first-order chi connectivity index (χ1) is 9.72. The van der Waals surface area contributed by atoms with Gasteiger partial charge in [0.1, 0.15) is 0 Å². The van der Waals surface area contributed by atoms with Crippen molar-refractivity contribution in [3.8, 4) is 0 Å². The van der Waals surface area contributed by atoms with Crippen LogP contribution in [-0.2, 0) is 21.4 Å². The minimum atomic E-state index is -3.60. The summed E-state index contributed by atoms with van der Waals surface area (Å²) in [4.78, 5) is 0.237. The first-order valence-corrected chi connectivity index (χ1v) is 8.52. The van der Waals surface area contributed by atoms with Crippen molar-refractivity contribution in [2.24, 2.45) is 11.7 Å². The van der Waals surface area contributed by atoms with E-state index in [0.717, 1.165) is 5.56 Å². The van der Waals surface area contributed by atoms with Crippen molar-refractivity contribution in [2.75, 3.05) is 13.7 Å². The second-order valence-electron chi connectivity index (χ2n) is 6.05. The van der Waals surface area contributed by atoms with Crippen molar-refractivity contribution in [1.82, 2.24) is 4.72 Å². The van der Waals surface area contributed by atoms with Crippen molar-refractivity contribution in [3.05, 3.63) is 29.8 Å². The van der Waals surface area contributed by atoms with E-state index < -0.39 is 15.6 Å². The van der Waals surface area contributed by atoms with E-state index in [4.69, 9.17) is 10.5 Å². The predicted molar refractivity (Wildman–Crippen MR) is 84.4 cm³/mol. The summed E-state index contributed by atoms with van der Waals surface area (Å²) in [7, 11) is -2.03. The van der Waals surface area contributed by atoms with Crippen molar-refractivity contribution in [3.63, 3.8) is 0 Å². The number of hydrogen-bond donors (Lipinski definition) is 2. The monoisotopic (exact) mass is 314 g/mol. The number of nitrogens with one attached hydrogen (secondary N) is 1. The molecule has 21 heavy (non-hydrogen) atoms. The third kappa shape index (κ3) is 5.39. The number of benzene rings is 1. The highest BCUT2D eigenvalue weighted by molar-refractivity contribution is 7.89. The lowest BCUT2D eigenvalue weighted by atomic mass is 9.92. The van der Waals surface area contributed by atoms with Crippen molar-refractivity contribution in [1.29, 1.82) is 0 Å². The maximum atomic E-state index is 12.5. The van der Waals surface area contributed by atoms with Gasteiger partial charge in [0.2, 0.25) is 10.0 Å². The molecule has 0 aromatic heterocycles. The molecule has 120 valence electrons. The molecule has 0 fully saturated rings. The quantitative estimate of drug-likeness (QED) is 0.767. The minimum absolute atomic E-state index is 0.237. The normalized spacial score (nSPS) is 15.1. The standard InChI is InChI=1S/C15H26N2O3S/c1-12(2)9-15(3,11-16)17-21(18,19)14-7-5-6-13(8-14)10-20-4/h5-8,12,17H,9-11,16H2,1-4H3. The fraction of sp³-hybridized carbons (Fsp3) is 0.600. The first kappa shape index (κ1) is 18.1. The van der Waals surface area contributed by atoms with E-state index in [-0.39, 0.29) is 11.4 Å². The second kappa shape index (κ2) is 7.35.